The lowest BCUT2D eigenvalue weighted by atomic mass is 10.0. The van der Waals surface area contributed by atoms with E-state index >= 15 is 0 Å². The molecule has 1 aromatic heterocycles. The maximum atomic E-state index is 10.7. The molecule has 14 heavy (non-hydrogen) atoms. The summed E-state index contributed by atoms with van der Waals surface area (Å²) in [4.78, 5) is 14.8. The number of hydrogen-bond acceptors (Lipinski definition) is 2. The van der Waals surface area contributed by atoms with Gasteiger partial charge in [0.2, 0.25) is 0 Å². The Hall–Kier alpha value is -0.840. The molecule has 1 aliphatic heterocycles. The van der Waals surface area contributed by atoms with E-state index in [-0.39, 0.29) is 12.5 Å². The van der Waals surface area contributed by atoms with Gasteiger partial charge in [-0.25, -0.2) is 4.98 Å². The SMILES string of the molecule is O=C(O)CC1CCCc2cnc(Br)n21. The minimum atomic E-state index is -0.747. The van der Waals surface area contributed by atoms with Crippen LogP contribution in [0.1, 0.15) is 31.0 Å². The average molecular weight is 259 g/mol. The number of carbonyl (C=O) groups is 1. The molecule has 2 rings (SSSR count). The van der Waals surface area contributed by atoms with Gasteiger partial charge < -0.3 is 9.67 Å². The molecular weight excluding hydrogens is 248 g/mol. The Balaban J connectivity index is 2.29. The van der Waals surface area contributed by atoms with Gasteiger partial charge in [0.15, 0.2) is 4.73 Å². The normalized spacial score (nSPS) is 20.5. The molecule has 0 aliphatic carbocycles. The molecule has 0 saturated carbocycles. The largest absolute Gasteiger partial charge is 0.481 e. The van der Waals surface area contributed by atoms with Crippen molar-refractivity contribution in [2.45, 2.75) is 31.7 Å². The number of rotatable bonds is 2. The van der Waals surface area contributed by atoms with E-state index in [9.17, 15) is 4.79 Å². The van der Waals surface area contributed by atoms with Crippen LogP contribution in [-0.2, 0) is 11.2 Å². The van der Waals surface area contributed by atoms with Gasteiger partial charge in [-0.2, -0.15) is 0 Å². The third-order valence-electron chi connectivity index (χ3n) is 2.57. The van der Waals surface area contributed by atoms with Crippen LogP contribution in [0.15, 0.2) is 10.9 Å². The molecule has 4 nitrogen and oxygen atoms in total. The van der Waals surface area contributed by atoms with Crippen molar-refractivity contribution < 1.29 is 9.90 Å². The minimum Gasteiger partial charge on any atom is -0.481 e. The molecule has 2 heterocycles. The third kappa shape index (κ3) is 1.68. The predicted molar refractivity (Wildman–Crippen MR) is 54.2 cm³/mol. The van der Waals surface area contributed by atoms with Crippen molar-refractivity contribution in [2.75, 3.05) is 0 Å². The van der Waals surface area contributed by atoms with Crippen molar-refractivity contribution >= 4 is 21.9 Å². The van der Waals surface area contributed by atoms with Crippen LogP contribution in [0, 0.1) is 0 Å². The number of imidazole rings is 1. The molecule has 0 amide bonds. The fourth-order valence-corrected chi connectivity index (χ4v) is 2.60. The first-order valence-electron chi connectivity index (χ1n) is 4.62. The molecule has 1 aromatic rings. The summed E-state index contributed by atoms with van der Waals surface area (Å²) in [5, 5.41) is 8.77. The van der Waals surface area contributed by atoms with Gasteiger partial charge in [-0.05, 0) is 35.2 Å². The zero-order chi connectivity index (χ0) is 10.1. The van der Waals surface area contributed by atoms with E-state index < -0.39 is 5.97 Å². The number of aromatic nitrogens is 2. The Morgan fingerprint density at radius 1 is 1.79 bits per heavy atom. The Morgan fingerprint density at radius 3 is 3.29 bits per heavy atom. The highest BCUT2D eigenvalue weighted by Crippen LogP contribution is 2.30. The molecule has 76 valence electrons. The average Bonchev–Trinajstić information content (AvgIpc) is 2.48. The van der Waals surface area contributed by atoms with Crippen molar-refractivity contribution in [3.63, 3.8) is 0 Å². The van der Waals surface area contributed by atoms with Crippen LogP contribution in [-0.4, -0.2) is 20.6 Å². The third-order valence-corrected chi connectivity index (χ3v) is 3.16. The van der Waals surface area contributed by atoms with Crippen LogP contribution >= 0.6 is 15.9 Å². The summed E-state index contributed by atoms with van der Waals surface area (Å²) in [5.41, 5.74) is 1.13. The summed E-state index contributed by atoms with van der Waals surface area (Å²) in [6, 6.07) is 0.0631. The number of carboxylic acids is 1. The van der Waals surface area contributed by atoms with Crippen molar-refractivity contribution in [1.82, 2.24) is 9.55 Å². The number of nitrogens with zero attached hydrogens (tertiary/aromatic N) is 2. The van der Waals surface area contributed by atoms with E-state index in [2.05, 4.69) is 20.9 Å². The quantitative estimate of drug-likeness (QED) is 0.883. The molecule has 0 spiro atoms. The van der Waals surface area contributed by atoms with Gasteiger partial charge in [0, 0.05) is 17.9 Å². The summed E-state index contributed by atoms with van der Waals surface area (Å²) in [6.07, 6.45) is 4.97. The second kappa shape index (κ2) is 3.73. The molecule has 0 bridgehead atoms. The molecule has 1 unspecified atom stereocenters. The molecule has 0 radical (unpaired) electrons. The van der Waals surface area contributed by atoms with Crippen molar-refractivity contribution in [3.8, 4) is 0 Å². The Kier molecular flexibility index (Phi) is 2.58. The van der Waals surface area contributed by atoms with Gasteiger partial charge in [-0.3, -0.25) is 4.79 Å². The van der Waals surface area contributed by atoms with Gasteiger partial charge in [-0.15, -0.1) is 0 Å². The van der Waals surface area contributed by atoms with Crippen LogP contribution in [0.5, 0.6) is 0 Å². The monoisotopic (exact) mass is 258 g/mol. The first-order chi connectivity index (χ1) is 6.68. The van der Waals surface area contributed by atoms with E-state index in [4.69, 9.17) is 5.11 Å². The van der Waals surface area contributed by atoms with Crippen LogP contribution in [0.3, 0.4) is 0 Å². The zero-order valence-corrected chi connectivity index (χ0v) is 9.20. The standard InChI is InChI=1S/C9H11BrN2O2/c10-9-11-5-7-3-1-2-6(12(7)9)4-8(13)14/h5-6H,1-4H2,(H,13,14). The maximum Gasteiger partial charge on any atom is 0.305 e. The van der Waals surface area contributed by atoms with Crippen molar-refractivity contribution in [1.29, 1.82) is 0 Å². The second-order valence-electron chi connectivity index (χ2n) is 3.53. The van der Waals surface area contributed by atoms with Crippen LogP contribution in [0.2, 0.25) is 0 Å². The first kappa shape index (κ1) is 9.71. The van der Waals surface area contributed by atoms with E-state index in [0.717, 1.165) is 29.7 Å². The summed E-state index contributed by atoms with van der Waals surface area (Å²) >= 11 is 3.34. The lowest BCUT2D eigenvalue weighted by Gasteiger charge is -2.24. The summed E-state index contributed by atoms with van der Waals surface area (Å²) in [6.45, 7) is 0. The van der Waals surface area contributed by atoms with Gasteiger partial charge in [0.25, 0.3) is 0 Å². The number of aryl methyl sites for hydroxylation is 1. The zero-order valence-electron chi connectivity index (χ0n) is 7.61. The van der Waals surface area contributed by atoms with Crippen LogP contribution in [0.4, 0.5) is 0 Å². The number of hydrogen-bond donors (Lipinski definition) is 1. The Morgan fingerprint density at radius 2 is 2.57 bits per heavy atom. The Labute approximate surface area is 90.1 Å². The van der Waals surface area contributed by atoms with Gasteiger partial charge in [-0.1, -0.05) is 0 Å². The molecule has 1 N–H and O–H groups in total. The second-order valence-corrected chi connectivity index (χ2v) is 4.24. The number of halogens is 1. The van der Waals surface area contributed by atoms with Gasteiger partial charge in [0.1, 0.15) is 0 Å². The summed E-state index contributed by atoms with van der Waals surface area (Å²) < 4.78 is 2.75. The van der Waals surface area contributed by atoms with Crippen molar-refractivity contribution in [3.05, 3.63) is 16.6 Å². The molecule has 0 fully saturated rings. The molecule has 1 aliphatic rings. The number of carboxylic acid groups (broad SMARTS) is 1. The molecule has 0 aromatic carbocycles. The smallest absolute Gasteiger partial charge is 0.305 e. The molecular formula is C9H11BrN2O2. The van der Waals surface area contributed by atoms with Gasteiger partial charge >= 0.3 is 5.97 Å². The highest BCUT2D eigenvalue weighted by molar-refractivity contribution is 9.10. The predicted octanol–water partition coefficient (Wildman–Crippen LogP) is 2.00. The topological polar surface area (TPSA) is 55.1 Å². The van der Waals surface area contributed by atoms with E-state index in [1.165, 1.54) is 0 Å². The molecule has 1 atom stereocenters. The van der Waals surface area contributed by atoms with Crippen molar-refractivity contribution in [2.24, 2.45) is 0 Å². The highest BCUT2D eigenvalue weighted by Gasteiger charge is 2.24. The fraction of sp³-hybridized carbons (Fsp3) is 0.556. The van der Waals surface area contributed by atoms with Gasteiger partial charge in [0.05, 0.1) is 6.42 Å². The maximum absolute atomic E-state index is 10.7. The summed E-state index contributed by atoms with van der Waals surface area (Å²) in [5.74, 6) is -0.747. The van der Waals surface area contributed by atoms with Crippen LogP contribution < -0.4 is 0 Å². The highest BCUT2D eigenvalue weighted by atomic mass is 79.9. The van der Waals surface area contributed by atoms with Crippen LogP contribution in [0.25, 0.3) is 0 Å². The Bertz CT molecular complexity index is 362. The van der Waals surface area contributed by atoms with E-state index in [1.54, 1.807) is 0 Å². The number of fused-ring (bicyclic) bond motifs is 1. The molecule has 5 heteroatoms. The lowest BCUT2D eigenvalue weighted by molar-refractivity contribution is -0.138. The van der Waals surface area contributed by atoms with E-state index in [0.29, 0.717) is 0 Å². The first-order valence-corrected chi connectivity index (χ1v) is 5.41. The minimum absolute atomic E-state index is 0.0631. The fourth-order valence-electron chi connectivity index (χ4n) is 1.98. The lowest BCUT2D eigenvalue weighted by Crippen LogP contribution is -2.20. The summed E-state index contributed by atoms with van der Waals surface area (Å²) in [7, 11) is 0. The molecule has 0 saturated heterocycles. The van der Waals surface area contributed by atoms with E-state index in [1.807, 2.05) is 10.8 Å². The number of aliphatic carboxylic acids is 1.